The zero-order chi connectivity index (χ0) is 16.9. The van der Waals surface area contributed by atoms with Gasteiger partial charge < -0.3 is 15.2 Å². The summed E-state index contributed by atoms with van der Waals surface area (Å²) in [7, 11) is 0. The minimum Gasteiger partial charge on any atom is -0.346 e. The van der Waals surface area contributed by atoms with E-state index >= 15 is 0 Å². The first-order valence-corrected chi connectivity index (χ1v) is 8.62. The largest absolute Gasteiger partial charge is 0.346 e. The van der Waals surface area contributed by atoms with Crippen molar-refractivity contribution in [2.45, 2.75) is 18.3 Å². The number of piperidine rings is 1. The number of nitriles is 1. The number of rotatable bonds is 1. The first-order valence-electron chi connectivity index (χ1n) is 8.62. The molecular formula is C19H18N6. The SMILES string of the molecule is N#Cc1ccc2c(c1)C1(CCNCC1)CN2c1ncnc2[nH]ccc12. The van der Waals surface area contributed by atoms with Crippen molar-refractivity contribution in [2.75, 3.05) is 24.5 Å². The van der Waals surface area contributed by atoms with E-state index in [1.165, 1.54) is 11.3 Å². The fraction of sp³-hybridized carbons (Fsp3) is 0.316. The van der Waals surface area contributed by atoms with E-state index < -0.39 is 0 Å². The molecule has 1 spiro atoms. The number of anilines is 2. The molecule has 2 aliphatic rings. The number of aromatic amines is 1. The summed E-state index contributed by atoms with van der Waals surface area (Å²) in [6, 6.07) is 10.4. The molecule has 0 amide bonds. The Labute approximate surface area is 145 Å². The second-order valence-corrected chi connectivity index (χ2v) is 6.90. The fourth-order valence-corrected chi connectivity index (χ4v) is 4.33. The van der Waals surface area contributed by atoms with E-state index in [0.29, 0.717) is 0 Å². The van der Waals surface area contributed by atoms with Crippen molar-refractivity contribution in [1.29, 1.82) is 5.26 Å². The van der Waals surface area contributed by atoms with Crippen LogP contribution in [0, 0.1) is 11.3 Å². The maximum atomic E-state index is 9.35. The lowest BCUT2D eigenvalue weighted by Crippen LogP contribution is -2.42. The molecule has 0 atom stereocenters. The molecule has 25 heavy (non-hydrogen) atoms. The van der Waals surface area contributed by atoms with Gasteiger partial charge in [0.2, 0.25) is 0 Å². The number of H-pyrrole nitrogens is 1. The van der Waals surface area contributed by atoms with Crippen LogP contribution in [0.3, 0.4) is 0 Å². The average Bonchev–Trinajstić information content (AvgIpc) is 3.26. The van der Waals surface area contributed by atoms with Crippen LogP contribution in [0.2, 0.25) is 0 Å². The monoisotopic (exact) mass is 330 g/mol. The molecule has 0 unspecified atom stereocenters. The van der Waals surface area contributed by atoms with E-state index in [4.69, 9.17) is 0 Å². The number of fused-ring (bicyclic) bond motifs is 3. The van der Waals surface area contributed by atoms with Crippen molar-refractivity contribution < 1.29 is 0 Å². The molecule has 1 saturated heterocycles. The van der Waals surface area contributed by atoms with Gasteiger partial charge in [0.1, 0.15) is 17.8 Å². The van der Waals surface area contributed by atoms with E-state index in [9.17, 15) is 5.26 Å². The molecule has 0 radical (unpaired) electrons. The van der Waals surface area contributed by atoms with Gasteiger partial charge in [-0.05, 0) is 55.8 Å². The fourth-order valence-electron chi connectivity index (χ4n) is 4.33. The summed E-state index contributed by atoms with van der Waals surface area (Å²) in [6.45, 7) is 2.91. The molecule has 0 bridgehead atoms. The van der Waals surface area contributed by atoms with Crippen LogP contribution in [0.15, 0.2) is 36.8 Å². The molecule has 6 nitrogen and oxygen atoms in total. The van der Waals surface area contributed by atoms with Crippen LogP contribution in [0.1, 0.15) is 24.0 Å². The van der Waals surface area contributed by atoms with Gasteiger partial charge in [0.05, 0.1) is 17.0 Å². The van der Waals surface area contributed by atoms with Gasteiger partial charge in [0.25, 0.3) is 0 Å². The van der Waals surface area contributed by atoms with Gasteiger partial charge in [0.15, 0.2) is 0 Å². The maximum absolute atomic E-state index is 9.35. The summed E-state index contributed by atoms with van der Waals surface area (Å²) in [6.07, 6.45) is 5.67. The molecule has 1 aromatic carbocycles. The van der Waals surface area contributed by atoms with Gasteiger partial charge in [-0.3, -0.25) is 0 Å². The van der Waals surface area contributed by atoms with Gasteiger partial charge in [0, 0.05) is 23.8 Å². The molecular weight excluding hydrogens is 312 g/mol. The van der Waals surface area contributed by atoms with Crippen molar-refractivity contribution >= 4 is 22.5 Å². The summed E-state index contributed by atoms with van der Waals surface area (Å²) in [5.41, 5.74) is 4.12. The Hall–Kier alpha value is -2.91. The van der Waals surface area contributed by atoms with E-state index in [2.05, 4.69) is 43.4 Å². The Bertz CT molecular complexity index is 993. The summed E-state index contributed by atoms with van der Waals surface area (Å²) in [4.78, 5) is 14.4. The summed E-state index contributed by atoms with van der Waals surface area (Å²) in [5, 5.41) is 13.8. The highest BCUT2D eigenvalue weighted by Gasteiger charge is 2.44. The summed E-state index contributed by atoms with van der Waals surface area (Å²) < 4.78 is 0. The maximum Gasteiger partial charge on any atom is 0.145 e. The lowest BCUT2D eigenvalue weighted by Gasteiger charge is -2.34. The van der Waals surface area contributed by atoms with Crippen LogP contribution >= 0.6 is 0 Å². The number of hydrogen-bond acceptors (Lipinski definition) is 5. The highest BCUT2D eigenvalue weighted by Crippen LogP contribution is 2.49. The van der Waals surface area contributed by atoms with Crippen LogP contribution in [0.25, 0.3) is 11.0 Å². The average molecular weight is 330 g/mol. The molecule has 2 N–H and O–H groups in total. The van der Waals surface area contributed by atoms with Crippen LogP contribution < -0.4 is 10.2 Å². The van der Waals surface area contributed by atoms with Crippen LogP contribution in [-0.4, -0.2) is 34.6 Å². The Kier molecular flexibility index (Phi) is 3.06. The van der Waals surface area contributed by atoms with Crippen molar-refractivity contribution in [3.05, 3.63) is 47.9 Å². The van der Waals surface area contributed by atoms with E-state index in [1.54, 1.807) is 6.33 Å². The predicted octanol–water partition coefficient (Wildman–Crippen LogP) is 2.60. The van der Waals surface area contributed by atoms with Gasteiger partial charge >= 0.3 is 0 Å². The first-order chi connectivity index (χ1) is 12.3. The minimum absolute atomic E-state index is 0.0843. The Morgan fingerprint density at radius 1 is 1.16 bits per heavy atom. The molecule has 5 rings (SSSR count). The zero-order valence-corrected chi connectivity index (χ0v) is 13.8. The molecule has 124 valence electrons. The number of nitrogens with zero attached hydrogens (tertiary/aromatic N) is 4. The molecule has 6 heteroatoms. The van der Waals surface area contributed by atoms with Gasteiger partial charge in [-0.1, -0.05) is 0 Å². The zero-order valence-electron chi connectivity index (χ0n) is 13.8. The number of nitrogens with one attached hydrogen (secondary N) is 2. The standard InChI is InChI=1S/C19H18N6/c20-10-13-1-2-16-15(9-13)19(4-7-21-8-5-19)11-25(16)18-14-3-6-22-17(14)23-12-24-18/h1-3,6,9,12,21H,4-5,7-8,11H2,(H,22,23,24). The van der Waals surface area contributed by atoms with Gasteiger partial charge in [-0.15, -0.1) is 0 Å². The van der Waals surface area contributed by atoms with Crippen LogP contribution in [0.5, 0.6) is 0 Å². The molecule has 2 aliphatic heterocycles. The van der Waals surface area contributed by atoms with E-state index in [0.717, 1.165) is 54.9 Å². The predicted molar refractivity (Wildman–Crippen MR) is 95.8 cm³/mol. The molecule has 3 aromatic rings. The Balaban J connectivity index is 1.71. The van der Waals surface area contributed by atoms with Crippen LogP contribution in [0.4, 0.5) is 11.5 Å². The Morgan fingerprint density at radius 2 is 2.04 bits per heavy atom. The van der Waals surface area contributed by atoms with Crippen molar-refractivity contribution in [1.82, 2.24) is 20.3 Å². The number of hydrogen-bond donors (Lipinski definition) is 2. The second-order valence-electron chi connectivity index (χ2n) is 6.90. The lowest BCUT2D eigenvalue weighted by atomic mass is 9.74. The third-order valence-corrected chi connectivity index (χ3v) is 5.60. The van der Waals surface area contributed by atoms with Crippen molar-refractivity contribution in [2.24, 2.45) is 0 Å². The Morgan fingerprint density at radius 3 is 2.88 bits per heavy atom. The lowest BCUT2D eigenvalue weighted by molar-refractivity contribution is 0.329. The third-order valence-electron chi connectivity index (χ3n) is 5.60. The normalized spacial score (nSPS) is 18.4. The molecule has 0 aliphatic carbocycles. The van der Waals surface area contributed by atoms with Crippen molar-refractivity contribution in [3.63, 3.8) is 0 Å². The smallest absolute Gasteiger partial charge is 0.145 e. The molecule has 4 heterocycles. The topological polar surface area (TPSA) is 80.6 Å². The third kappa shape index (κ3) is 2.06. The quantitative estimate of drug-likeness (QED) is 0.717. The second kappa shape index (κ2) is 5.30. The highest BCUT2D eigenvalue weighted by molar-refractivity contribution is 5.91. The first kappa shape index (κ1) is 14.4. The van der Waals surface area contributed by atoms with Crippen LogP contribution in [-0.2, 0) is 5.41 Å². The van der Waals surface area contributed by atoms with Gasteiger partial charge in [-0.25, -0.2) is 9.97 Å². The number of benzene rings is 1. The molecule has 0 saturated carbocycles. The molecule has 2 aromatic heterocycles. The van der Waals surface area contributed by atoms with E-state index in [1.807, 2.05) is 18.3 Å². The van der Waals surface area contributed by atoms with E-state index in [-0.39, 0.29) is 5.41 Å². The highest BCUT2D eigenvalue weighted by atomic mass is 15.2. The number of aromatic nitrogens is 3. The summed E-state index contributed by atoms with van der Waals surface area (Å²) in [5.74, 6) is 0.938. The van der Waals surface area contributed by atoms with Crippen molar-refractivity contribution in [3.8, 4) is 6.07 Å². The summed E-state index contributed by atoms with van der Waals surface area (Å²) >= 11 is 0. The molecule has 1 fully saturated rings. The minimum atomic E-state index is 0.0843. The van der Waals surface area contributed by atoms with Gasteiger partial charge in [-0.2, -0.15) is 5.26 Å².